The number of H-pyrrole nitrogens is 1. The molecule has 6 rings (SSSR count). The molecule has 1 aliphatic heterocycles. The van der Waals surface area contributed by atoms with Crippen molar-refractivity contribution in [2.75, 3.05) is 20.3 Å². The van der Waals surface area contributed by atoms with E-state index in [2.05, 4.69) is 23.2 Å². The topological polar surface area (TPSA) is 56.4 Å². The van der Waals surface area contributed by atoms with Crippen molar-refractivity contribution in [2.24, 2.45) is 0 Å². The van der Waals surface area contributed by atoms with Crippen LogP contribution >= 0.6 is 0 Å². The lowest BCUT2D eigenvalue weighted by molar-refractivity contribution is -0.178. The zero-order valence-electron chi connectivity index (χ0n) is 17.3. The maximum Gasteiger partial charge on any atom is 0.212 e. The molecule has 1 N–H and O–H groups in total. The molecule has 1 aliphatic carbocycles. The first kappa shape index (κ1) is 18.8. The second-order valence-electron chi connectivity index (χ2n) is 8.26. The monoisotopic (exact) mass is 418 g/mol. The Kier molecular flexibility index (Phi) is 4.26. The molecular formula is C25H23FN2O3. The van der Waals surface area contributed by atoms with Gasteiger partial charge in [-0.15, -0.1) is 0 Å². The van der Waals surface area contributed by atoms with E-state index in [-0.39, 0.29) is 11.6 Å². The highest BCUT2D eigenvalue weighted by Crippen LogP contribution is 2.45. The summed E-state index contributed by atoms with van der Waals surface area (Å²) in [5, 5.41) is 2.36. The first-order valence-corrected chi connectivity index (χ1v) is 10.7. The molecule has 1 spiro atoms. The molecule has 0 bridgehead atoms. The number of benzene rings is 2. The van der Waals surface area contributed by atoms with E-state index in [0.29, 0.717) is 19.6 Å². The Bertz CT molecular complexity index is 1310. The Hall–Kier alpha value is -2.96. The number of aromatic amines is 1. The molecule has 1 saturated heterocycles. The largest absolute Gasteiger partial charge is 0.494 e. The average molecular weight is 418 g/mol. The van der Waals surface area contributed by atoms with E-state index in [9.17, 15) is 4.39 Å². The van der Waals surface area contributed by atoms with Crippen LogP contribution in [0, 0.1) is 5.82 Å². The molecule has 6 heteroatoms. The highest BCUT2D eigenvalue weighted by molar-refractivity contribution is 6.10. The van der Waals surface area contributed by atoms with Gasteiger partial charge in [0, 0.05) is 29.1 Å². The lowest BCUT2D eigenvalue weighted by Crippen LogP contribution is -2.33. The first-order chi connectivity index (χ1) is 15.2. The number of fused-ring (bicyclic) bond motifs is 6. The van der Waals surface area contributed by atoms with Gasteiger partial charge in [0.05, 0.1) is 31.5 Å². The summed E-state index contributed by atoms with van der Waals surface area (Å²) in [7, 11) is 1.47. The average Bonchev–Trinajstić information content (AvgIpc) is 3.40. The minimum atomic E-state index is -0.764. The maximum absolute atomic E-state index is 14.4. The van der Waals surface area contributed by atoms with Gasteiger partial charge in [0.15, 0.2) is 11.6 Å². The van der Waals surface area contributed by atoms with Crippen LogP contribution in [0.5, 0.6) is 5.75 Å². The summed E-state index contributed by atoms with van der Waals surface area (Å²) in [4.78, 5) is 8.68. The Morgan fingerprint density at radius 2 is 2.00 bits per heavy atom. The Labute approximate surface area is 179 Å². The fraction of sp³-hybridized carbons (Fsp3) is 0.320. The molecule has 5 nitrogen and oxygen atoms in total. The van der Waals surface area contributed by atoms with Crippen LogP contribution in [0.4, 0.5) is 4.39 Å². The number of halogens is 1. The Morgan fingerprint density at radius 3 is 2.81 bits per heavy atom. The lowest BCUT2D eigenvalue weighted by Gasteiger charge is -2.33. The van der Waals surface area contributed by atoms with Crippen molar-refractivity contribution in [1.29, 1.82) is 0 Å². The summed E-state index contributed by atoms with van der Waals surface area (Å²) < 4.78 is 31.7. The third-order valence-electron chi connectivity index (χ3n) is 6.46. The molecular weight excluding hydrogens is 395 g/mol. The van der Waals surface area contributed by atoms with Gasteiger partial charge in [0.2, 0.25) is 5.79 Å². The van der Waals surface area contributed by atoms with Crippen molar-refractivity contribution in [3.8, 4) is 5.75 Å². The third-order valence-corrected chi connectivity index (χ3v) is 6.46. The predicted octanol–water partition coefficient (Wildman–Crippen LogP) is 4.99. The van der Waals surface area contributed by atoms with Crippen LogP contribution < -0.4 is 4.74 Å². The second-order valence-corrected chi connectivity index (χ2v) is 8.26. The summed E-state index contributed by atoms with van der Waals surface area (Å²) in [5.41, 5.74) is 5.87. The fourth-order valence-electron chi connectivity index (χ4n) is 5.10. The number of methoxy groups -OCH3 is 1. The van der Waals surface area contributed by atoms with Gasteiger partial charge in [-0.05, 0) is 42.2 Å². The van der Waals surface area contributed by atoms with Crippen molar-refractivity contribution in [3.05, 3.63) is 70.8 Å². The van der Waals surface area contributed by atoms with Crippen molar-refractivity contribution in [2.45, 2.75) is 31.5 Å². The van der Waals surface area contributed by atoms with Gasteiger partial charge < -0.3 is 19.2 Å². The van der Waals surface area contributed by atoms with Crippen LogP contribution in [0.15, 0.2) is 42.5 Å². The van der Waals surface area contributed by atoms with Crippen LogP contribution in [0.25, 0.3) is 21.8 Å². The molecule has 31 heavy (non-hydrogen) atoms. The molecule has 2 aliphatic rings. The zero-order valence-corrected chi connectivity index (χ0v) is 17.3. The molecule has 0 atom stereocenters. The smallest absolute Gasteiger partial charge is 0.212 e. The number of aromatic nitrogens is 2. The minimum absolute atomic E-state index is 0.240. The predicted molar refractivity (Wildman–Crippen MR) is 116 cm³/mol. The number of ether oxygens (including phenoxy) is 3. The molecule has 158 valence electrons. The van der Waals surface area contributed by atoms with Gasteiger partial charge in [0.1, 0.15) is 5.69 Å². The standard InChI is InChI=1S/C25H23FN2O3/c1-29-21-9-8-15(13-18(21)26)14-20-23-22(16-5-2-3-7-19(16)27-23)17-6-4-10-25(24(17)28-20)30-11-12-31-25/h2-3,5,7-9,13,27H,4,6,10-12,14H2,1H3. The van der Waals surface area contributed by atoms with Gasteiger partial charge in [-0.1, -0.05) is 24.3 Å². The van der Waals surface area contributed by atoms with Crippen LogP contribution in [-0.4, -0.2) is 30.3 Å². The van der Waals surface area contributed by atoms with Gasteiger partial charge >= 0.3 is 0 Å². The quantitative estimate of drug-likeness (QED) is 0.509. The van der Waals surface area contributed by atoms with Crippen molar-refractivity contribution in [1.82, 2.24) is 9.97 Å². The molecule has 2 aromatic heterocycles. The first-order valence-electron chi connectivity index (χ1n) is 10.7. The van der Waals surface area contributed by atoms with Crippen molar-refractivity contribution >= 4 is 21.8 Å². The number of pyridine rings is 1. The normalized spacial score (nSPS) is 17.5. The third kappa shape index (κ3) is 2.86. The van der Waals surface area contributed by atoms with Gasteiger partial charge in [-0.2, -0.15) is 0 Å². The van der Waals surface area contributed by atoms with Crippen LogP contribution in [0.1, 0.15) is 35.4 Å². The summed E-state index contributed by atoms with van der Waals surface area (Å²) in [6.45, 7) is 1.15. The number of nitrogens with one attached hydrogen (secondary N) is 1. The molecule has 0 radical (unpaired) electrons. The number of hydrogen-bond donors (Lipinski definition) is 1. The fourth-order valence-corrected chi connectivity index (χ4v) is 5.10. The maximum atomic E-state index is 14.4. The number of rotatable bonds is 3. The van der Waals surface area contributed by atoms with E-state index >= 15 is 0 Å². The molecule has 0 amide bonds. The van der Waals surface area contributed by atoms with E-state index in [1.165, 1.54) is 29.5 Å². The molecule has 1 fully saturated rings. The molecule has 0 saturated carbocycles. The van der Waals surface area contributed by atoms with Gasteiger partial charge in [-0.25, -0.2) is 9.37 Å². The molecule has 4 aromatic rings. The number of hydrogen-bond acceptors (Lipinski definition) is 4. The van der Waals surface area contributed by atoms with Crippen LogP contribution in [0.2, 0.25) is 0 Å². The molecule has 3 heterocycles. The summed E-state index contributed by atoms with van der Waals surface area (Å²) >= 11 is 0. The van der Waals surface area contributed by atoms with E-state index < -0.39 is 5.79 Å². The Morgan fingerprint density at radius 1 is 1.16 bits per heavy atom. The van der Waals surface area contributed by atoms with E-state index in [4.69, 9.17) is 19.2 Å². The summed E-state index contributed by atoms with van der Waals surface area (Å²) in [6.07, 6.45) is 3.23. The van der Waals surface area contributed by atoms with E-state index in [1.54, 1.807) is 6.07 Å². The molecule has 0 unspecified atom stereocenters. The SMILES string of the molecule is COc1ccc(Cc2nc3c(c4c2[nH]c2ccccc24)CCCC32OCCO2)cc1F. The van der Waals surface area contributed by atoms with Gasteiger partial charge in [-0.3, -0.25) is 0 Å². The lowest BCUT2D eigenvalue weighted by atomic mass is 9.87. The zero-order chi connectivity index (χ0) is 21.0. The second kappa shape index (κ2) is 7.04. The van der Waals surface area contributed by atoms with Crippen LogP contribution in [0.3, 0.4) is 0 Å². The number of para-hydroxylation sites is 1. The summed E-state index contributed by atoms with van der Waals surface area (Å²) in [5.74, 6) is -0.894. The van der Waals surface area contributed by atoms with Crippen molar-refractivity contribution < 1.29 is 18.6 Å². The number of aryl methyl sites for hydroxylation is 1. The highest BCUT2D eigenvalue weighted by Gasteiger charge is 2.44. The van der Waals surface area contributed by atoms with E-state index in [0.717, 1.165) is 47.2 Å². The number of nitrogens with zero attached hydrogens (tertiary/aromatic N) is 1. The van der Waals surface area contributed by atoms with Crippen molar-refractivity contribution in [3.63, 3.8) is 0 Å². The minimum Gasteiger partial charge on any atom is -0.494 e. The van der Waals surface area contributed by atoms with Gasteiger partial charge in [0.25, 0.3) is 0 Å². The van der Waals surface area contributed by atoms with E-state index in [1.807, 2.05) is 12.1 Å². The highest BCUT2D eigenvalue weighted by atomic mass is 19.1. The molecule has 2 aromatic carbocycles. The van der Waals surface area contributed by atoms with Crippen LogP contribution in [-0.2, 0) is 28.1 Å². The summed E-state index contributed by atoms with van der Waals surface area (Å²) in [6, 6.07) is 13.4. The Balaban J connectivity index is 1.59.